The molecule has 1 aromatic carbocycles. The third kappa shape index (κ3) is 20.3. The molecule has 0 saturated carbocycles. The van der Waals surface area contributed by atoms with Crippen LogP contribution in [0.25, 0.3) is 6.08 Å². The number of benzene rings is 1. The van der Waals surface area contributed by atoms with Crippen molar-refractivity contribution in [1.82, 2.24) is 4.90 Å². The van der Waals surface area contributed by atoms with Crippen molar-refractivity contribution in [3.05, 3.63) is 42.0 Å². The lowest BCUT2D eigenvalue weighted by Gasteiger charge is -2.20. The zero-order chi connectivity index (χ0) is 24.4. The summed E-state index contributed by atoms with van der Waals surface area (Å²) < 4.78 is 0. The van der Waals surface area contributed by atoms with Gasteiger partial charge in [-0.2, -0.15) is 0 Å². The molecule has 1 rings (SSSR count). The summed E-state index contributed by atoms with van der Waals surface area (Å²) in [7, 11) is 0. The van der Waals surface area contributed by atoms with Gasteiger partial charge >= 0.3 is 0 Å². The average Bonchev–Trinajstić information content (AvgIpc) is 2.86. The van der Waals surface area contributed by atoms with E-state index in [1.807, 2.05) is 0 Å². The normalized spacial score (nSPS) is 11.7. The fourth-order valence-corrected chi connectivity index (χ4v) is 4.84. The summed E-state index contributed by atoms with van der Waals surface area (Å²) in [6.45, 7) is 8.25. The fourth-order valence-electron chi connectivity index (χ4n) is 4.84. The maximum absolute atomic E-state index is 2.70. The molecule has 0 aliphatic carbocycles. The second-order valence-corrected chi connectivity index (χ2v) is 10.5. The molecule has 1 heteroatoms. The first kappa shape index (κ1) is 31.0. The molecule has 0 bridgehead atoms. The van der Waals surface area contributed by atoms with E-state index >= 15 is 0 Å². The quantitative estimate of drug-likeness (QED) is 0.129. The van der Waals surface area contributed by atoms with Crippen LogP contribution in [0.5, 0.6) is 0 Å². The molecule has 0 spiro atoms. The van der Waals surface area contributed by atoms with Crippen LogP contribution in [0.4, 0.5) is 0 Å². The van der Waals surface area contributed by atoms with Crippen LogP contribution in [0.2, 0.25) is 0 Å². The van der Waals surface area contributed by atoms with Crippen LogP contribution >= 0.6 is 0 Å². The van der Waals surface area contributed by atoms with Gasteiger partial charge in [0.05, 0.1) is 0 Å². The van der Waals surface area contributed by atoms with E-state index in [-0.39, 0.29) is 0 Å². The van der Waals surface area contributed by atoms with Gasteiger partial charge in [-0.1, -0.05) is 172 Å². The van der Waals surface area contributed by atoms with Gasteiger partial charge in [0, 0.05) is 6.54 Å². The third-order valence-electron chi connectivity index (χ3n) is 7.13. The highest BCUT2D eigenvalue weighted by atomic mass is 15.1. The van der Waals surface area contributed by atoms with E-state index < -0.39 is 0 Å². The van der Waals surface area contributed by atoms with Crippen molar-refractivity contribution < 1.29 is 0 Å². The van der Waals surface area contributed by atoms with E-state index in [1.165, 1.54) is 147 Å². The van der Waals surface area contributed by atoms with E-state index in [9.17, 15) is 0 Å². The highest BCUT2D eigenvalue weighted by Crippen LogP contribution is 2.13. The van der Waals surface area contributed by atoms with Crippen LogP contribution in [0.15, 0.2) is 36.4 Å². The number of hydrogen-bond acceptors (Lipinski definition) is 1. The fraction of sp³-hybridized carbons (Fsp3) is 0.758. The molecule has 34 heavy (non-hydrogen) atoms. The molecule has 0 N–H and O–H groups in total. The number of unbranched alkanes of at least 4 members (excludes halogenated alkanes) is 18. The van der Waals surface area contributed by atoms with Gasteiger partial charge < -0.3 is 0 Å². The van der Waals surface area contributed by atoms with Gasteiger partial charge in [-0.3, -0.25) is 4.90 Å². The summed E-state index contributed by atoms with van der Waals surface area (Å²) in [6, 6.07) is 10.8. The molecule has 0 fully saturated rings. The predicted molar refractivity (Wildman–Crippen MR) is 156 cm³/mol. The van der Waals surface area contributed by atoms with Gasteiger partial charge in [0.1, 0.15) is 0 Å². The molecule has 0 heterocycles. The van der Waals surface area contributed by atoms with Crippen LogP contribution in [0.3, 0.4) is 0 Å². The largest absolute Gasteiger partial charge is 0.300 e. The minimum Gasteiger partial charge on any atom is -0.300 e. The maximum atomic E-state index is 2.70. The minimum absolute atomic E-state index is 1.10. The highest BCUT2D eigenvalue weighted by molar-refractivity contribution is 5.48. The van der Waals surface area contributed by atoms with Gasteiger partial charge in [-0.25, -0.2) is 0 Å². The Labute approximate surface area is 214 Å². The lowest BCUT2D eigenvalue weighted by atomic mass is 10.1. The Morgan fingerprint density at radius 1 is 0.500 bits per heavy atom. The van der Waals surface area contributed by atoms with Crippen molar-refractivity contribution in [3.63, 3.8) is 0 Å². The van der Waals surface area contributed by atoms with Crippen LogP contribution < -0.4 is 0 Å². The Balaban J connectivity index is 2.17. The lowest BCUT2D eigenvalue weighted by Crippen LogP contribution is -2.26. The summed E-state index contributed by atoms with van der Waals surface area (Å²) in [5.41, 5.74) is 1.32. The molecule has 0 amide bonds. The molecule has 0 unspecified atom stereocenters. The molecule has 0 saturated heterocycles. The molecular weight excluding hydrogens is 410 g/mol. The second kappa shape index (κ2) is 25.0. The molecule has 0 atom stereocenters. The summed E-state index contributed by atoms with van der Waals surface area (Å²) in [5, 5.41) is 0. The molecule has 0 aromatic heterocycles. The van der Waals surface area contributed by atoms with Gasteiger partial charge in [-0.05, 0) is 31.5 Å². The maximum Gasteiger partial charge on any atom is 0.0166 e. The Kier molecular flexibility index (Phi) is 22.8. The lowest BCUT2D eigenvalue weighted by molar-refractivity contribution is 0.286. The summed E-state index contributed by atoms with van der Waals surface area (Å²) >= 11 is 0. The number of nitrogens with zero attached hydrogens (tertiary/aromatic N) is 1. The van der Waals surface area contributed by atoms with Crippen molar-refractivity contribution in [3.8, 4) is 0 Å². The van der Waals surface area contributed by atoms with Crippen molar-refractivity contribution >= 4 is 6.08 Å². The topological polar surface area (TPSA) is 3.24 Å². The Morgan fingerprint density at radius 2 is 0.882 bits per heavy atom. The molecule has 0 aliphatic rings. The van der Waals surface area contributed by atoms with Crippen LogP contribution in [-0.2, 0) is 0 Å². The van der Waals surface area contributed by atoms with E-state index in [4.69, 9.17) is 0 Å². The van der Waals surface area contributed by atoms with Gasteiger partial charge in [0.2, 0.25) is 0 Å². The van der Waals surface area contributed by atoms with Crippen molar-refractivity contribution in [2.24, 2.45) is 0 Å². The van der Waals surface area contributed by atoms with Gasteiger partial charge in [0.25, 0.3) is 0 Å². The van der Waals surface area contributed by atoms with Crippen molar-refractivity contribution in [2.75, 3.05) is 19.6 Å². The van der Waals surface area contributed by atoms with Crippen molar-refractivity contribution in [1.29, 1.82) is 0 Å². The first-order valence-electron chi connectivity index (χ1n) is 15.3. The van der Waals surface area contributed by atoms with E-state index in [1.54, 1.807) is 0 Å². The molecule has 0 radical (unpaired) electrons. The smallest absolute Gasteiger partial charge is 0.0166 e. The molecule has 0 aliphatic heterocycles. The summed E-state index contributed by atoms with van der Waals surface area (Å²) in [5.74, 6) is 0. The Morgan fingerprint density at radius 3 is 1.29 bits per heavy atom. The zero-order valence-corrected chi connectivity index (χ0v) is 23.3. The van der Waals surface area contributed by atoms with Gasteiger partial charge in [-0.15, -0.1) is 0 Å². The highest BCUT2D eigenvalue weighted by Gasteiger charge is 2.03. The summed E-state index contributed by atoms with van der Waals surface area (Å²) in [4.78, 5) is 2.70. The first-order valence-corrected chi connectivity index (χ1v) is 15.3. The van der Waals surface area contributed by atoms with E-state index in [2.05, 4.69) is 61.2 Å². The molecule has 1 aromatic rings. The van der Waals surface area contributed by atoms with E-state index in [0.717, 1.165) is 6.54 Å². The minimum atomic E-state index is 1.10. The van der Waals surface area contributed by atoms with E-state index in [0.29, 0.717) is 0 Å². The third-order valence-corrected chi connectivity index (χ3v) is 7.13. The first-order chi connectivity index (χ1) is 16.9. The standard InChI is InChI=1S/C33H59N/c1-3-5-7-9-11-13-15-17-19-24-30-34(32-26-29-33-27-22-21-23-28-33)31-25-20-18-16-14-12-10-8-6-4-2/h21-23,26-29H,3-20,24-25,30-32H2,1-2H3. The number of hydrogen-bond donors (Lipinski definition) is 0. The molecule has 196 valence electrons. The molecular formula is C33H59N. The zero-order valence-electron chi connectivity index (χ0n) is 23.3. The molecule has 1 nitrogen and oxygen atoms in total. The Bertz CT molecular complexity index is 511. The van der Waals surface area contributed by atoms with Crippen LogP contribution in [0, 0.1) is 0 Å². The second-order valence-electron chi connectivity index (χ2n) is 10.5. The van der Waals surface area contributed by atoms with Crippen molar-refractivity contribution in [2.45, 2.75) is 142 Å². The predicted octanol–water partition coefficient (Wildman–Crippen LogP) is 10.8. The SMILES string of the molecule is CCCCCCCCCCCCN(CC=Cc1ccccc1)CCCCCCCCCCCC. The average molecular weight is 470 g/mol. The summed E-state index contributed by atoms with van der Waals surface area (Å²) in [6.07, 6.45) is 33.1. The van der Waals surface area contributed by atoms with Gasteiger partial charge in [0.15, 0.2) is 0 Å². The van der Waals surface area contributed by atoms with Crippen LogP contribution in [-0.4, -0.2) is 24.5 Å². The Hall–Kier alpha value is -1.08. The number of rotatable bonds is 25. The van der Waals surface area contributed by atoms with Crippen LogP contribution in [0.1, 0.15) is 148 Å². The monoisotopic (exact) mass is 469 g/mol.